The SMILES string of the molecule is CC(C)n1c(Cn2cc(CC3CCCCN3)nn2)nc2cc(Cl)ccc21. The van der Waals surface area contributed by atoms with Gasteiger partial charge in [0, 0.05) is 29.7 Å². The highest BCUT2D eigenvalue weighted by Crippen LogP contribution is 2.24. The van der Waals surface area contributed by atoms with Gasteiger partial charge in [0.25, 0.3) is 0 Å². The third-order valence-corrected chi connectivity index (χ3v) is 5.23. The lowest BCUT2D eigenvalue weighted by molar-refractivity contribution is 0.397. The fraction of sp³-hybridized carbons (Fsp3) is 0.526. The molecule has 0 amide bonds. The number of fused-ring (bicyclic) bond motifs is 1. The van der Waals surface area contributed by atoms with Crippen LogP contribution in [-0.4, -0.2) is 37.1 Å². The van der Waals surface area contributed by atoms with Crippen molar-refractivity contribution in [2.24, 2.45) is 0 Å². The van der Waals surface area contributed by atoms with E-state index >= 15 is 0 Å². The zero-order valence-corrected chi connectivity index (χ0v) is 16.1. The molecular weight excluding hydrogens is 348 g/mol. The Morgan fingerprint density at radius 2 is 2.19 bits per heavy atom. The number of hydrogen-bond donors (Lipinski definition) is 1. The second kappa shape index (κ2) is 7.37. The van der Waals surface area contributed by atoms with Crippen molar-refractivity contribution < 1.29 is 0 Å². The molecule has 6 nitrogen and oxygen atoms in total. The largest absolute Gasteiger partial charge is 0.324 e. The number of aromatic nitrogens is 5. The van der Waals surface area contributed by atoms with Gasteiger partial charge in [0.1, 0.15) is 12.4 Å². The van der Waals surface area contributed by atoms with Crippen molar-refractivity contribution in [1.29, 1.82) is 0 Å². The zero-order valence-electron chi connectivity index (χ0n) is 15.3. The minimum atomic E-state index is 0.311. The van der Waals surface area contributed by atoms with Crippen LogP contribution in [0.2, 0.25) is 5.02 Å². The molecule has 1 N–H and O–H groups in total. The predicted octanol–water partition coefficient (Wildman–Crippen LogP) is 3.60. The summed E-state index contributed by atoms with van der Waals surface area (Å²) in [5, 5.41) is 13.0. The van der Waals surface area contributed by atoms with Gasteiger partial charge in [0.05, 0.1) is 16.7 Å². The monoisotopic (exact) mass is 372 g/mol. The highest BCUT2D eigenvalue weighted by atomic mass is 35.5. The standard InChI is InChI=1S/C19H25ClN6/c1-13(2)26-18-7-6-14(20)9-17(18)22-19(26)12-25-11-16(23-24-25)10-15-5-3-4-8-21-15/h6-7,9,11,13,15,21H,3-5,8,10,12H2,1-2H3. The number of rotatable bonds is 5. The van der Waals surface area contributed by atoms with Gasteiger partial charge in [-0.2, -0.15) is 0 Å². The summed E-state index contributed by atoms with van der Waals surface area (Å²) in [6.07, 6.45) is 6.78. The second-order valence-electron chi connectivity index (χ2n) is 7.38. The highest BCUT2D eigenvalue weighted by Gasteiger charge is 2.17. The normalized spacial score (nSPS) is 18.1. The molecule has 0 bridgehead atoms. The summed E-state index contributed by atoms with van der Waals surface area (Å²) in [7, 11) is 0. The molecule has 1 unspecified atom stereocenters. The maximum Gasteiger partial charge on any atom is 0.132 e. The first-order valence-corrected chi connectivity index (χ1v) is 9.76. The quantitative estimate of drug-likeness (QED) is 0.743. The molecule has 1 saturated heterocycles. The van der Waals surface area contributed by atoms with Crippen molar-refractivity contribution in [3.63, 3.8) is 0 Å². The summed E-state index contributed by atoms with van der Waals surface area (Å²) >= 11 is 6.13. The van der Waals surface area contributed by atoms with Crippen LogP contribution in [0, 0.1) is 0 Å². The van der Waals surface area contributed by atoms with Crippen LogP contribution in [-0.2, 0) is 13.0 Å². The fourth-order valence-electron chi connectivity index (χ4n) is 3.81. The van der Waals surface area contributed by atoms with Crippen molar-refractivity contribution in [3.8, 4) is 0 Å². The lowest BCUT2D eigenvalue weighted by Crippen LogP contribution is -2.35. The minimum absolute atomic E-state index is 0.311. The first-order chi connectivity index (χ1) is 12.6. The van der Waals surface area contributed by atoms with Gasteiger partial charge in [0.15, 0.2) is 0 Å². The Kier molecular flexibility index (Phi) is 4.96. The number of piperidine rings is 1. The Bertz CT molecular complexity index is 891. The van der Waals surface area contributed by atoms with Crippen molar-refractivity contribution in [2.45, 2.75) is 58.2 Å². The number of nitrogens with one attached hydrogen (secondary N) is 1. The van der Waals surface area contributed by atoms with Crippen LogP contribution in [0.3, 0.4) is 0 Å². The summed E-state index contributed by atoms with van der Waals surface area (Å²) in [6, 6.07) is 6.71. The van der Waals surface area contributed by atoms with Crippen LogP contribution in [0.5, 0.6) is 0 Å². The molecule has 1 atom stereocenters. The van der Waals surface area contributed by atoms with Crippen LogP contribution in [0.4, 0.5) is 0 Å². The third-order valence-electron chi connectivity index (χ3n) is 5.00. The van der Waals surface area contributed by atoms with Gasteiger partial charge < -0.3 is 9.88 Å². The van der Waals surface area contributed by atoms with Crippen molar-refractivity contribution >= 4 is 22.6 Å². The molecule has 2 aromatic heterocycles. The van der Waals surface area contributed by atoms with E-state index in [2.05, 4.69) is 34.0 Å². The molecule has 1 aliphatic rings. The molecule has 3 heterocycles. The van der Waals surface area contributed by atoms with Gasteiger partial charge in [-0.05, 0) is 51.4 Å². The van der Waals surface area contributed by atoms with Crippen molar-refractivity contribution in [2.75, 3.05) is 6.54 Å². The zero-order chi connectivity index (χ0) is 18.1. The van der Waals surface area contributed by atoms with E-state index in [9.17, 15) is 0 Å². The number of benzene rings is 1. The molecule has 1 aliphatic heterocycles. The van der Waals surface area contributed by atoms with Crippen LogP contribution >= 0.6 is 11.6 Å². The lowest BCUT2D eigenvalue weighted by Gasteiger charge is -2.22. The Hall–Kier alpha value is -1.92. The molecule has 7 heteroatoms. The second-order valence-corrected chi connectivity index (χ2v) is 7.82. The van der Waals surface area contributed by atoms with E-state index in [1.54, 1.807) is 0 Å². The summed E-state index contributed by atoms with van der Waals surface area (Å²) in [5.74, 6) is 0.976. The molecular formula is C19H25ClN6. The maximum absolute atomic E-state index is 6.13. The van der Waals surface area contributed by atoms with E-state index in [0.717, 1.165) is 35.5 Å². The van der Waals surface area contributed by atoms with Gasteiger partial charge in [0.2, 0.25) is 0 Å². The van der Waals surface area contributed by atoms with Gasteiger partial charge in [-0.3, -0.25) is 0 Å². The van der Waals surface area contributed by atoms with Crippen LogP contribution in [0.15, 0.2) is 24.4 Å². The van der Waals surface area contributed by atoms with Gasteiger partial charge in [-0.15, -0.1) is 5.10 Å². The van der Waals surface area contributed by atoms with E-state index in [4.69, 9.17) is 16.6 Å². The molecule has 1 aromatic carbocycles. The van der Waals surface area contributed by atoms with Gasteiger partial charge in [-0.25, -0.2) is 9.67 Å². The Morgan fingerprint density at radius 3 is 2.96 bits per heavy atom. The average molecular weight is 373 g/mol. The number of imidazole rings is 1. The van der Waals surface area contributed by atoms with E-state index in [1.165, 1.54) is 19.3 Å². The summed E-state index contributed by atoms with van der Waals surface area (Å²) in [6.45, 7) is 6.05. The predicted molar refractivity (Wildman–Crippen MR) is 104 cm³/mol. The molecule has 0 radical (unpaired) electrons. The molecule has 0 aliphatic carbocycles. The molecule has 4 rings (SSSR count). The van der Waals surface area contributed by atoms with Gasteiger partial charge >= 0.3 is 0 Å². The van der Waals surface area contributed by atoms with E-state index < -0.39 is 0 Å². The summed E-state index contributed by atoms with van der Waals surface area (Å²) < 4.78 is 4.13. The first kappa shape index (κ1) is 17.5. The van der Waals surface area contributed by atoms with Crippen molar-refractivity contribution in [3.05, 3.63) is 40.9 Å². The number of halogens is 1. The molecule has 138 valence electrons. The number of nitrogens with zero attached hydrogens (tertiary/aromatic N) is 5. The summed E-state index contributed by atoms with van der Waals surface area (Å²) in [5.41, 5.74) is 3.07. The molecule has 0 saturated carbocycles. The van der Waals surface area contributed by atoms with Crippen molar-refractivity contribution in [1.82, 2.24) is 29.9 Å². The van der Waals surface area contributed by atoms with Crippen LogP contribution in [0.25, 0.3) is 11.0 Å². The maximum atomic E-state index is 6.13. The molecule has 0 spiro atoms. The van der Waals surface area contributed by atoms with Gasteiger partial charge in [-0.1, -0.05) is 23.2 Å². The lowest BCUT2D eigenvalue weighted by atomic mass is 10.0. The molecule has 26 heavy (non-hydrogen) atoms. The average Bonchev–Trinajstić information content (AvgIpc) is 3.19. The van der Waals surface area contributed by atoms with E-state index in [1.807, 2.05) is 29.1 Å². The van der Waals surface area contributed by atoms with E-state index in [-0.39, 0.29) is 0 Å². The molecule has 1 fully saturated rings. The topological polar surface area (TPSA) is 60.6 Å². The fourth-order valence-corrected chi connectivity index (χ4v) is 3.98. The Balaban J connectivity index is 1.56. The van der Waals surface area contributed by atoms with Crippen LogP contribution in [0.1, 0.15) is 50.7 Å². The number of hydrogen-bond acceptors (Lipinski definition) is 4. The Labute approximate surface area is 158 Å². The van der Waals surface area contributed by atoms with E-state index in [0.29, 0.717) is 23.7 Å². The first-order valence-electron chi connectivity index (χ1n) is 9.39. The minimum Gasteiger partial charge on any atom is -0.324 e. The third kappa shape index (κ3) is 3.62. The smallest absolute Gasteiger partial charge is 0.132 e. The Morgan fingerprint density at radius 1 is 1.31 bits per heavy atom. The highest BCUT2D eigenvalue weighted by molar-refractivity contribution is 6.31. The van der Waals surface area contributed by atoms with Crippen LogP contribution < -0.4 is 5.32 Å². The molecule has 3 aromatic rings. The summed E-state index contributed by atoms with van der Waals surface area (Å²) in [4.78, 5) is 4.79.